The molecule has 1 aliphatic rings. The van der Waals surface area contributed by atoms with Gasteiger partial charge in [-0.1, -0.05) is 6.07 Å². The molecule has 1 aromatic carbocycles. The number of ether oxygens (including phenoxy) is 1. The van der Waals surface area contributed by atoms with Crippen molar-refractivity contribution in [2.24, 2.45) is 0 Å². The largest absolute Gasteiger partial charge is 0.497 e. The number of piperidine rings is 1. The Hall–Kier alpha value is -1.22. The van der Waals surface area contributed by atoms with Gasteiger partial charge in [-0.25, -0.2) is 0 Å². The molecular formula is C14H21NO2. The van der Waals surface area contributed by atoms with Gasteiger partial charge in [-0.3, -0.25) is 0 Å². The maximum Gasteiger partial charge on any atom is 0.120 e. The van der Waals surface area contributed by atoms with Crippen LogP contribution < -0.4 is 9.64 Å². The summed E-state index contributed by atoms with van der Waals surface area (Å²) in [6.07, 6.45) is 1.66. The Labute approximate surface area is 103 Å². The van der Waals surface area contributed by atoms with E-state index in [1.807, 2.05) is 18.2 Å². The zero-order valence-electron chi connectivity index (χ0n) is 10.8. The number of rotatable bonds is 2. The van der Waals surface area contributed by atoms with Gasteiger partial charge in [-0.2, -0.15) is 0 Å². The molecule has 2 rings (SSSR count). The molecule has 3 heteroatoms. The van der Waals surface area contributed by atoms with E-state index in [0.717, 1.165) is 24.3 Å². The van der Waals surface area contributed by atoms with Crippen molar-refractivity contribution < 1.29 is 9.84 Å². The molecule has 0 aromatic heterocycles. The van der Waals surface area contributed by atoms with Gasteiger partial charge in [0, 0.05) is 23.8 Å². The molecule has 1 fully saturated rings. The lowest BCUT2D eigenvalue weighted by Gasteiger charge is -2.46. The Morgan fingerprint density at radius 2 is 2.18 bits per heavy atom. The topological polar surface area (TPSA) is 32.7 Å². The van der Waals surface area contributed by atoms with Gasteiger partial charge in [-0.15, -0.1) is 0 Å². The molecule has 1 N–H and O–H groups in total. The first kappa shape index (κ1) is 12.2. The fourth-order valence-electron chi connectivity index (χ4n) is 2.44. The summed E-state index contributed by atoms with van der Waals surface area (Å²) in [7, 11) is 1.68. The smallest absolute Gasteiger partial charge is 0.120 e. The molecule has 1 atom stereocenters. The summed E-state index contributed by atoms with van der Waals surface area (Å²) in [5.74, 6) is 0.860. The Morgan fingerprint density at radius 1 is 1.41 bits per heavy atom. The lowest BCUT2D eigenvalue weighted by atomic mass is 9.88. The van der Waals surface area contributed by atoms with Crippen LogP contribution >= 0.6 is 0 Å². The highest BCUT2D eigenvalue weighted by molar-refractivity contribution is 5.53. The van der Waals surface area contributed by atoms with Crippen molar-refractivity contribution in [3.63, 3.8) is 0 Å². The van der Waals surface area contributed by atoms with Crippen molar-refractivity contribution in [1.29, 1.82) is 0 Å². The summed E-state index contributed by atoms with van der Waals surface area (Å²) in [6.45, 7) is 5.14. The third kappa shape index (κ3) is 2.55. The zero-order valence-corrected chi connectivity index (χ0v) is 10.8. The van der Waals surface area contributed by atoms with E-state index in [-0.39, 0.29) is 11.6 Å². The fourth-order valence-corrected chi connectivity index (χ4v) is 2.44. The van der Waals surface area contributed by atoms with E-state index in [0.29, 0.717) is 6.54 Å². The monoisotopic (exact) mass is 235 g/mol. The van der Waals surface area contributed by atoms with E-state index < -0.39 is 0 Å². The van der Waals surface area contributed by atoms with Crippen molar-refractivity contribution in [2.75, 3.05) is 18.6 Å². The average molecular weight is 235 g/mol. The van der Waals surface area contributed by atoms with Gasteiger partial charge in [0.2, 0.25) is 0 Å². The summed E-state index contributed by atoms with van der Waals surface area (Å²) < 4.78 is 5.25. The molecule has 17 heavy (non-hydrogen) atoms. The van der Waals surface area contributed by atoms with Gasteiger partial charge >= 0.3 is 0 Å². The van der Waals surface area contributed by atoms with Crippen LogP contribution in [-0.4, -0.2) is 30.4 Å². The van der Waals surface area contributed by atoms with Crippen LogP contribution in [0.3, 0.4) is 0 Å². The predicted molar refractivity (Wildman–Crippen MR) is 69.7 cm³/mol. The van der Waals surface area contributed by atoms with Crippen LogP contribution in [0, 0.1) is 0 Å². The Balaban J connectivity index is 2.29. The lowest BCUT2D eigenvalue weighted by Crippen LogP contribution is -2.52. The maximum atomic E-state index is 9.83. The molecule has 0 amide bonds. The van der Waals surface area contributed by atoms with E-state index in [9.17, 15) is 5.11 Å². The Kier molecular flexibility index (Phi) is 3.29. The predicted octanol–water partition coefficient (Wildman–Crippen LogP) is 2.43. The van der Waals surface area contributed by atoms with E-state index in [1.54, 1.807) is 7.11 Å². The van der Waals surface area contributed by atoms with Crippen LogP contribution in [0.4, 0.5) is 5.69 Å². The standard InChI is InChI=1S/C14H21NO2/c1-14(2)8-7-12(16)10-15(14)11-5-4-6-13(9-11)17-3/h4-6,9,12,16H,7-8,10H2,1-3H3. The van der Waals surface area contributed by atoms with E-state index in [2.05, 4.69) is 24.8 Å². The van der Waals surface area contributed by atoms with Crippen molar-refractivity contribution >= 4 is 5.69 Å². The second-order valence-corrected chi connectivity index (χ2v) is 5.32. The highest BCUT2D eigenvalue weighted by Gasteiger charge is 2.33. The molecule has 0 spiro atoms. The number of nitrogens with zero attached hydrogens (tertiary/aromatic N) is 1. The van der Waals surface area contributed by atoms with Gasteiger partial charge in [0.1, 0.15) is 5.75 Å². The normalized spacial score (nSPS) is 23.5. The number of hydrogen-bond acceptors (Lipinski definition) is 3. The molecule has 0 radical (unpaired) electrons. The van der Waals surface area contributed by atoms with Crippen LogP contribution in [0.25, 0.3) is 0 Å². The Morgan fingerprint density at radius 3 is 2.88 bits per heavy atom. The molecule has 3 nitrogen and oxygen atoms in total. The summed E-state index contributed by atoms with van der Waals surface area (Å²) in [5, 5.41) is 9.83. The molecule has 1 unspecified atom stereocenters. The van der Waals surface area contributed by atoms with Crippen molar-refractivity contribution in [3.05, 3.63) is 24.3 Å². The van der Waals surface area contributed by atoms with Crippen molar-refractivity contribution in [2.45, 2.75) is 38.3 Å². The van der Waals surface area contributed by atoms with Crippen LogP contribution in [0.2, 0.25) is 0 Å². The summed E-state index contributed by atoms with van der Waals surface area (Å²) in [5.41, 5.74) is 1.21. The lowest BCUT2D eigenvalue weighted by molar-refractivity contribution is 0.126. The number of β-amino-alcohol motifs (C(OH)–C–C–N with tert-alkyl or cyclic N) is 1. The van der Waals surface area contributed by atoms with Gasteiger partial charge < -0.3 is 14.7 Å². The molecule has 0 bridgehead atoms. The minimum Gasteiger partial charge on any atom is -0.497 e. The SMILES string of the molecule is COc1cccc(N2CC(O)CCC2(C)C)c1. The number of hydrogen-bond donors (Lipinski definition) is 1. The molecule has 94 valence electrons. The third-order valence-electron chi connectivity index (χ3n) is 3.58. The number of aliphatic hydroxyl groups is 1. The second-order valence-electron chi connectivity index (χ2n) is 5.32. The number of benzene rings is 1. The molecule has 1 aliphatic heterocycles. The minimum atomic E-state index is -0.228. The van der Waals surface area contributed by atoms with Crippen LogP contribution in [-0.2, 0) is 0 Å². The molecule has 1 aromatic rings. The summed E-state index contributed by atoms with van der Waals surface area (Å²) in [4.78, 5) is 2.27. The van der Waals surface area contributed by atoms with Gasteiger partial charge in [0.05, 0.1) is 13.2 Å². The first-order valence-corrected chi connectivity index (χ1v) is 6.13. The summed E-state index contributed by atoms with van der Waals surface area (Å²) in [6, 6.07) is 8.03. The summed E-state index contributed by atoms with van der Waals surface area (Å²) >= 11 is 0. The number of aliphatic hydroxyl groups excluding tert-OH is 1. The quantitative estimate of drug-likeness (QED) is 0.854. The maximum absolute atomic E-state index is 9.83. The van der Waals surface area contributed by atoms with Crippen molar-refractivity contribution in [1.82, 2.24) is 0 Å². The fraction of sp³-hybridized carbons (Fsp3) is 0.571. The highest BCUT2D eigenvalue weighted by Crippen LogP contribution is 2.33. The third-order valence-corrected chi connectivity index (χ3v) is 3.58. The van der Waals surface area contributed by atoms with Crippen LogP contribution in [0.15, 0.2) is 24.3 Å². The molecular weight excluding hydrogens is 214 g/mol. The van der Waals surface area contributed by atoms with Crippen LogP contribution in [0.1, 0.15) is 26.7 Å². The molecule has 0 aliphatic carbocycles. The first-order valence-electron chi connectivity index (χ1n) is 6.13. The van der Waals surface area contributed by atoms with Gasteiger partial charge in [0.25, 0.3) is 0 Å². The van der Waals surface area contributed by atoms with E-state index in [1.165, 1.54) is 0 Å². The van der Waals surface area contributed by atoms with Crippen LogP contribution in [0.5, 0.6) is 5.75 Å². The van der Waals surface area contributed by atoms with E-state index >= 15 is 0 Å². The first-order chi connectivity index (χ1) is 8.03. The Bertz CT molecular complexity index is 390. The second kappa shape index (κ2) is 4.57. The highest BCUT2D eigenvalue weighted by atomic mass is 16.5. The molecule has 1 saturated heterocycles. The molecule has 1 heterocycles. The van der Waals surface area contributed by atoms with E-state index in [4.69, 9.17) is 4.74 Å². The van der Waals surface area contributed by atoms with Gasteiger partial charge in [0.15, 0.2) is 0 Å². The average Bonchev–Trinajstić information content (AvgIpc) is 2.32. The minimum absolute atomic E-state index is 0.0889. The molecule has 0 saturated carbocycles. The number of methoxy groups -OCH3 is 1. The van der Waals surface area contributed by atoms with Gasteiger partial charge in [-0.05, 0) is 38.8 Å². The zero-order chi connectivity index (χ0) is 12.5. The van der Waals surface area contributed by atoms with Crippen molar-refractivity contribution in [3.8, 4) is 5.75 Å². The number of anilines is 1.